The molecule has 0 rings (SSSR count). The molecule has 6 heteroatoms. The van der Waals surface area contributed by atoms with Gasteiger partial charge in [-0.3, -0.25) is 4.57 Å². The van der Waals surface area contributed by atoms with Crippen molar-refractivity contribution in [1.82, 2.24) is 0 Å². The van der Waals surface area contributed by atoms with Gasteiger partial charge in [0.05, 0.1) is 12.3 Å². The molecular formula is C9H17O5P. The van der Waals surface area contributed by atoms with Crippen LogP contribution in [0.1, 0.15) is 26.7 Å². The summed E-state index contributed by atoms with van der Waals surface area (Å²) in [5, 5.41) is 0. The van der Waals surface area contributed by atoms with Gasteiger partial charge in [-0.05, 0) is 19.8 Å². The molecule has 0 aliphatic heterocycles. The van der Waals surface area contributed by atoms with Crippen LogP contribution in [0.2, 0.25) is 0 Å². The molecule has 0 aromatic carbocycles. The Morgan fingerprint density at radius 1 is 1.53 bits per heavy atom. The molecule has 0 heterocycles. The fraction of sp³-hybridized carbons (Fsp3) is 0.667. The van der Waals surface area contributed by atoms with Gasteiger partial charge < -0.3 is 14.5 Å². The molecule has 0 aliphatic carbocycles. The van der Waals surface area contributed by atoms with Crippen molar-refractivity contribution < 1.29 is 23.9 Å². The molecule has 0 saturated heterocycles. The summed E-state index contributed by atoms with van der Waals surface area (Å²) in [5.74, 6) is -0.473. The van der Waals surface area contributed by atoms with E-state index in [0.29, 0.717) is 18.4 Å². The van der Waals surface area contributed by atoms with E-state index < -0.39 is 19.2 Å². The number of hydrogen-bond acceptors (Lipinski definition) is 3. The second kappa shape index (κ2) is 6.05. The summed E-state index contributed by atoms with van der Waals surface area (Å²) >= 11 is 0. The van der Waals surface area contributed by atoms with Crippen LogP contribution in [0.15, 0.2) is 12.2 Å². The van der Waals surface area contributed by atoms with E-state index in [9.17, 15) is 9.36 Å². The SMILES string of the molecule is C=C(C)C(=O)OCCCC(C)P(=O)(O)O. The number of rotatable bonds is 6. The molecule has 0 aromatic heterocycles. The highest BCUT2D eigenvalue weighted by molar-refractivity contribution is 7.52. The predicted molar refractivity (Wildman–Crippen MR) is 56.5 cm³/mol. The fourth-order valence-electron chi connectivity index (χ4n) is 0.835. The Morgan fingerprint density at radius 3 is 2.47 bits per heavy atom. The number of esters is 1. The zero-order valence-corrected chi connectivity index (χ0v) is 9.87. The molecule has 0 aliphatic rings. The van der Waals surface area contributed by atoms with Gasteiger partial charge in [0.1, 0.15) is 0 Å². The normalized spacial score (nSPS) is 13.3. The second-order valence-electron chi connectivity index (χ2n) is 3.50. The topological polar surface area (TPSA) is 83.8 Å². The quantitative estimate of drug-likeness (QED) is 0.315. The summed E-state index contributed by atoms with van der Waals surface area (Å²) < 4.78 is 15.5. The molecule has 0 spiro atoms. The highest BCUT2D eigenvalue weighted by atomic mass is 31.2. The van der Waals surface area contributed by atoms with Crippen LogP contribution in [-0.2, 0) is 14.1 Å². The maximum absolute atomic E-state index is 10.9. The average Bonchev–Trinajstić information content (AvgIpc) is 2.09. The minimum Gasteiger partial charge on any atom is -0.462 e. The molecular weight excluding hydrogens is 219 g/mol. The Balaban J connectivity index is 3.69. The van der Waals surface area contributed by atoms with Gasteiger partial charge in [0, 0.05) is 5.57 Å². The third kappa shape index (κ3) is 6.44. The summed E-state index contributed by atoms with van der Waals surface area (Å²) in [6, 6.07) is 0. The smallest absolute Gasteiger partial charge is 0.333 e. The van der Waals surface area contributed by atoms with Gasteiger partial charge >= 0.3 is 13.6 Å². The molecule has 5 nitrogen and oxygen atoms in total. The second-order valence-corrected chi connectivity index (χ2v) is 5.56. The Hall–Kier alpha value is -0.640. The fourth-order valence-corrected chi connectivity index (χ4v) is 1.35. The van der Waals surface area contributed by atoms with Crippen molar-refractivity contribution >= 4 is 13.6 Å². The first-order valence-corrected chi connectivity index (χ1v) is 6.31. The van der Waals surface area contributed by atoms with E-state index in [2.05, 4.69) is 6.58 Å². The van der Waals surface area contributed by atoms with E-state index in [4.69, 9.17) is 14.5 Å². The first-order chi connectivity index (χ1) is 6.75. The predicted octanol–water partition coefficient (Wildman–Crippen LogP) is 1.45. The van der Waals surface area contributed by atoms with Crippen molar-refractivity contribution in [2.24, 2.45) is 0 Å². The van der Waals surface area contributed by atoms with Gasteiger partial charge in [-0.15, -0.1) is 0 Å². The Labute approximate surface area is 89.3 Å². The van der Waals surface area contributed by atoms with Crippen LogP contribution >= 0.6 is 7.60 Å². The lowest BCUT2D eigenvalue weighted by molar-refractivity contribution is -0.139. The molecule has 0 aromatic rings. The van der Waals surface area contributed by atoms with Crippen molar-refractivity contribution in [3.63, 3.8) is 0 Å². The lowest BCUT2D eigenvalue weighted by Gasteiger charge is -2.12. The van der Waals surface area contributed by atoms with Crippen molar-refractivity contribution in [3.8, 4) is 0 Å². The maximum atomic E-state index is 10.9. The summed E-state index contributed by atoms with van der Waals surface area (Å²) in [6.07, 6.45) is 0.763. The molecule has 2 N–H and O–H groups in total. The number of carbonyl (C=O) groups is 1. The minimum absolute atomic E-state index is 0.163. The van der Waals surface area contributed by atoms with Crippen LogP contribution in [0.5, 0.6) is 0 Å². The van der Waals surface area contributed by atoms with Crippen LogP contribution in [0, 0.1) is 0 Å². The van der Waals surface area contributed by atoms with Gasteiger partial charge in [-0.1, -0.05) is 13.5 Å². The molecule has 1 atom stereocenters. The van der Waals surface area contributed by atoms with Gasteiger partial charge in [0.25, 0.3) is 0 Å². The van der Waals surface area contributed by atoms with Crippen LogP contribution in [0.4, 0.5) is 0 Å². The van der Waals surface area contributed by atoms with E-state index in [1.807, 2.05) is 0 Å². The number of carbonyl (C=O) groups excluding carboxylic acids is 1. The lowest BCUT2D eigenvalue weighted by atomic mass is 10.2. The Morgan fingerprint density at radius 2 is 2.07 bits per heavy atom. The minimum atomic E-state index is -4.00. The van der Waals surface area contributed by atoms with Crippen molar-refractivity contribution in [2.45, 2.75) is 32.3 Å². The van der Waals surface area contributed by atoms with E-state index in [0.717, 1.165) is 0 Å². The van der Waals surface area contributed by atoms with Gasteiger partial charge in [0.15, 0.2) is 0 Å². The van der Waals surface area contributed by atoms with E-state index in [1.54, 1.807) is 6.92 Å². The Kier molecular flexibility index (Phi) is 5.80. The number of ether oxygens (including phenoxy) is 1. The molecule has 15 heavy (non-hydrogen) atoms. The van der Waals surface area contributed by atoms with Gasteiger partial charge in [0.2, 0.25) is 0 Å². The molecule has 0 amide bonds. The molecule has 88 valence electrons. The zero-order valence-electron chi connectivity index (χ0n) is 8.97. The summed E-state index contributed by atoms with van der Waals surface area (Å²) in [5.41, 5.74) is -0.376. The third-order valence-electron chi connectivity index (χ3n) is 1.92. The van der Waals surface area contributed by atoms with Crippen molar-refractivity contribution in [1.29, 1.82) is 0 Å². The van der Waals surface area contributed by atoms with Gasteiger partial charge in [-0.25, -0.2) is 4.79 Å². The maximum Gasteiger partial charge on any atom is 0.333 e. The van der Waals surface area contributed by atoms with Crippen LogP contribution in [-0.4, -0.2) is 28.0 Å². The van der Waals surface area contributed by atoms with Crippen LogP contribution < -0.4 is 0 Å². The van der Waals surface area contributed by atoms with Crippen LogP contribution in [0.3, 0.4) is 0 Å². The average molecular weight is 236 g/mol. The molecule has 0 bridgehead atoms. The highest BCUT2D eigenvalue weighted by Gasteiger charge is 2.23. The van der Waals surface area contributed by atoms with E-state index >= 15 is 0 Å². The molecule has 0 fully saturated rings. The summed E-state index contributed by atoms with van der Waals surface area (Å²) in [4.78, 5) is 28.5. The third-order valence-corrected chi connectivity index (χ3v) is 3.33. The zero-order chi connectivity index (χ0) is 12.1. The van der Waals surface area contributed by atoms with Crippen molar-refractivity contribution in [2.75, 3.05) is 6.61 Å². The Bertz CT molecular complexity index is 280. The van der Waals surface area contributed by atoms with Crippen LogP contribution in [0.25, 0.3) is 0 Å². The first kappa shape index (κ1) is 14.4. The standard InChI is InChI=1S/C9H17O5P/c1-7(2)9(10)14-6-4-5-8(3)15(11,12)13/h8H,1,4-6H2,2-3H3,(H2,11,12,13). The summed E-state index contributed by atoms with van der Waals surface area (Å²) in [7, 11) is -4.00. The van der Waals surface area contributed by atoms with Gasteiger partial charge in [-0.2, -0.15) is 0 Å². The first-order valence-electron chi connectivity index (χ1n) is 4.63. The largest absolute Gasteiger partial charge is 0.462 e. The lowest BCUT2D eigenvalue weighted by Crippen LogP contribution is -2.09. The van der Waals surface area contributed by atoms with E-state index in [1.165, 1.54) is 6.92 Å². The number of hydrogen-bond donors (Lipinski definition) is 2. The van der Waals surface area contributed by atoms with Crippen molar-refractivity contribution in [3.05, 3.63) is 12.2 Å². The highest BCUT2D eigenvalue weighted by Crippen LogP contribution is 2.42. The van der Waals surface area contributed by atoms with E-state index in [-0.39, 0.29) is 6.61 Å². The molecule has 1 unspecified atom stereocenters. The monoisotopic (exact) mass is 236 g/mol. The molecule has 0 radical (unpaired) electrons. The summed E-state index contributed by atoms with van der Waals surface area (Å²) in [6.45, 7) is 6.59. The molecule has 0 saturated carbocycles.